The standard InChI is InChI=1S/C37H58N6O2/c1-3-5-7-8-9-10-11-12-13-14-15-16-17-18-19-28-34-40-32(42-45-34)26-22-23-29-44-43-33(27-6-4-2)41-35-36(43)30-24-20-21-25-31(30)39-37(35)38/h20-21,24-25H,3-19,22-23,26-29H2,1-2H3,(H2,38,39). The first-order valence-electron chi connectivity index (χ1n) is 18.2. The molecule has 3 aromatic heterocycles. The van der Waals surface area contributed by atoms with Crippen molar-refractivity contribution in [1.29, 1.82) is 0 Å². The molecule has 8 nitrogen and oxygen atoms in total. The monoisotopic (exact) mass is 618 g/mol. The van der Waals surface area contributed by atoms with Gasteiger partial charge in [0.2, 0.25) is 5.89 Å². The summed E-state index contributed by atoms with van der Waals surface area (Å²) in [6, 6.07) is 8.03. The molecule has 0 atom stereocenters. The molecular formula is C37H58N6O2. The number of aryl methyl sites for hydroxylation is 3. The van der Waals surface area contributed by atoms with Gasteiger partial charge in [-0.1, -0.05) is 134 Å². The van der Waals surface area contributed by atoms with Gasteiger partial charge in [-0.25, -0.2) is 9.97 Å². The van der Waals surface area contributed by atoms with Gasteiger partial charge < -0.3 is 15.1 Å². The Morgan fingerprint density at radius 1 is 0.667 bits per heavy atom. The van der Waals surface area contributed by atoms with E-state index in [-0.39, 0.29) is 0 Å². The molecule has 0 aliphatic carbocycles. The van der Waals surface area contributed by atoms with Gasteiger partial charge in [-0.2, -0.15) is 9.71 Å². The molecule has 0 saturated carbocycles. The molecule has 4 aromatic rings. The lowest BCUT2D eigenvalue weighted by Gasteiger charge is -2.12. The Hall–Kier alpha value is -3.16. The Bertz CT molecular complexity index is 1380. The zero-order valence-corrected chi connectivity index (χ0v) is 28.2. The number of nitrogen functional groups attached to an aromatic ring is 1. The molecule has 248 valence electrons. The molecule has 0 aliphatic heterocycles. The van der Waals surface area contributed by atoms with Crippen molar-refractivity contribution in [3.05, 3.63) is 41.8 Å². The van der Waals surface area contributed by atoms with Crippen molar-refractivity contribution < 1.29 is 9.36 Å². The van der Waals surface area contributed by atoms with Gasteiger partial charge in [-0.05, 0) is 31.7 Å². The zero-order valence-electron chi connectivity index (χ0n) is 28.2. The summed E-state index contributed by atoms with van der Waals surface area (Å²) in [6.45, 7) is 5.05. The van der Waals surface area contributed by atoms with Crippen LogP contribution in [0.5, 0.6) is 0 Å². The number of aromatic nitrogens is 5. The van der Waals surface area contributed by atoms with E-state index in [0.717, 1.165) is 85.3 Å². The molecule has 45 heavy (non-hydrogen) atoms. The zero-order chi connectivity index (χ0) is 31.5. The number of para-hydroxylation sites is 1. The molecule has 0 saturated heterocycles. The lowest BCUT2D eigenvalue weighted by molar-refractivity contribution is 0.109. The van der Waals surface area contributed by atoms with Crippen molar-refractivity contribution in [2.45, 2.75) is 155 Å². The van der Waals surface area contributed by atoms with Crippen LogP contribution in [0.1, 0.15) is 153 Å². The number of fused-ring (bicyclic) bond motifs is 3. The summed E-state index contributed by atoms with van der Waals surface area (Å²) in [5.41, 5.74) is 8.78. The fraction of sp³-hybridized carbons (Fsp3) is 0.676. The first kappa shape index (κ1) is 34.7. The summed E-state index contributed by atoms with van der Waals surface area (Å²) < 4.78 is 7.43. The van der Waals surface area contributed by atoms with E-state index in [1.165, 1.54) is 89.9 Å². The Morgan fingerprint density at radius 2 is 1.29 bits per heavy atom. The quantitative estimate of drug-likeness (QED) is 0.0737. The summed E-state index contributed by atoms with van der Waals surface area (Å²) in [6.07, 6.45) is 27.0. The second kappa shape index (κ2) is 20.1. The van der Waals surface area contributed by atoms with Gasteiger partial charge in [0.25, 0.3) is 0 Å². The molecule has 1 aromatic carbocycles. The Labute approximate surface area is 270 Å². The second-order valence-corrected chi connectivity index (χ2v) is 12.7. The number of anilines is 1. The maximum Gasteiger partial charge on any atom is 0.226 e. The van der Waals surface area contributed by atoms with Gasteiger partial charge in [-0.15, -0.1) is 0 Å². The lowest BCUT2D eigenvalue weighted by Crippen LogP contribution is -2.16. The number of hydrogen-bond acceptors (Lipinski definition) is 7. The number of nitrogens with zero attached hydrogens (tertiary/aromatic N) is 5. The highest BCUT2D eigenvalue weighted by molar-refractivity contribution is 6.06. The van der Waals surface area contributed by atoms with Crippen molar-refractivity contribution in [3.63, 3.8) is 0 Å². The predicted molar refractivity (Wildman–Crippen MR) is 185 cm³/mol. The van der Waals surface area contributed by atoms with Gasteiger partial charge in [0.15, 0.2) is 11.6 Å². The first-order chi connectivity index (χ1) is 22.2. The first-order valence-corrected chi connectivity index (χ1v) is 18.2. The third-order valence-corrected chi connectivity index (χ3v) is 8.82. The van der Waals surface area contributed by atoms with Gasteiger partial charge in [0.05, 0.1) is 5.52 Å². The Morgan fingerprint density at radius 3 is 1.98 bits per heavy atom. The van der Waals surface area contributed by atoms with Crippen molar-refractivity contribution in [2.24, 2.45) is 0 Å². The van der Waals surface area contributed by atoms with E-state index in [9.17, 15) is 0 Å². The minimum atomic E-state index is 0.445. The van der Waals surface area contributed by atoms with Crippen LogP contribution in [-0.4, -0.2) is 31.4 Å². The molecule has 0 spiro atoms. The molecule has 0 fully saturated rings. The van der Waals surface area contributed by atoms with Gasteiger partial charge >= 0.3 is 0 Å². The molecular weight excluding hydrogens is 560 g/mol. The average Bonchev–Trinajstić information content (AvgIpc) is 3.66. The van der Waals surface area contributed by atoms with Gasteiger partial charge in [-0.3, -0.25) is 0 Å². The topological polar surface area (TPSA) is 105 Å². The highest BCUT2D eigenvalue weighted by atomic mass is 16.7. The predicted octanol–water partition coefficient (Wildman–Crippen LogP) is 9.76. The maximum atomic E-state index is 6.34. The summed E-state index contributed by atoms with van der Waals surface area (Å²) in [7, 11) is 0. The lowest BCUT2D eigenvalue weighted by atomic mass is 10.0. The highest BCUT2D eigenvalue weighted by Crippen LogP contribution is 2.28. The summed E-state index contributed by atoms with van der Waals surface area (Å²) in [5, 5.41) is 5.23. The van der Waals surface area contributed by atoms with Crippen LogP contribution in [0.4, 0.5) is 5.82 Å². The smallest absolute Gasteiger partial charge is 0.226 e. The molecule has 0 amide bonds. The normalized spacial score (nSPS) is 11.7. The fourth-order valence-corrected chi connectivity index (χ4v) is 6.14. The number of hydrogen-bond donors (Lipinski definition) is 1. The van der Waals surface area contributed by atoms with Crippen molar-refractivity contribution in [1.82, 2.24) is 24.8 Å². The molecule has 4 rings (SSSR count). The van der Waals surface area contributed by atoms with Crippen LogP contribution in [0.3, 0.4) is 0 Å². The van der Waals surface area contributed by atoms with E-state index in [1.54, 1.807) is 0 Å². The fourth-order valence-electron chi connectivity index (χ4n) is 6.14. The Kier molecular flexibility index (Phi) is 15.5. The maximum absolute atomic E-state index is 6.34. The molecule has 0 aliphatic rings. The van der Waals surface area contributed by atoms with E-state index < -0.39 is 0 Å². The van der Waals surface area contributed by atoms with Crippen LogP contribution in [0.2, 0.25) is 0 Å². The van der Waals surface area contributed by atoms with Crippen LogP contribution in [0.25, 0.3) is 21.9 Å². The molecule has 8 heteroatoms. The van der Waals surface area contributed by atoms with E-state index in [2.05, 4.69) is 35.0 Å². The number of imidazole rings is 1. The number of unbranched alkanes of at least 4 members (excludes halogenated alkanes) is 16. The van der Waals surface area contributed by atoms with Crippen LogP contribution in [-0.2, 0) is 19.3 Å². The third-order valence-electron chi connectivity index (χ3n) is 8.82. The van der Waals surface area contributed by atoms with E-state index in [0.29, 0.717) is 17.9 Å². The number of pyridine rings is 1. The van der Waals surface area contributed by atoms with Gasteiger partial charge in [0, 0.05) is 24.6 Å². The molecule has 3 heterocycles. The largest absolute Gasteiger partial charge is 0.412 e. The minimum Gasteiger partial charge on any atom is -0.412 e. The summed E-state index contributed by atoms with van der Waals surface area (Å²) in [4.78, 5) is 20.4. The third kappa shape index (κ3) is 11.3. The number of benzene rings is 1. The molecule has 2 N–H and O–H groups in total. The van der Waals surface area contributed by atoms with Crippen molar-refractivity contribution >= 4 is 27.8 Å². The number of rotatable bonds is 25. The number of nitrogens with two attached hydrogens (primary N) is 1. The van der Waals surface area contributed by atoms with Crippen molar-refractivity contribution in [2.75, 3.05) is 12.3 Å². The van der Waals surface area contributed by atoms with E-state index >= 15 is 0 Å². The minimum absolute atomic E-state index is 0.445. The Balaban J connectivity index is 1.09. The molecule has 0 bridgehead atoms. The van der Waals surface area contributed by atoms with Crippen LogP contribution < -0.4 is 10.6 Å². The molecule has 0 radical (unpaired) electrons. The van der Waals surface area contributed by atoms with Gasteiger partial charge in [0.1, 0.15) is 23.5 Å². The highest BCUT2D eigenvalue weighted by Gasteiger charge is 2.18. The summed E-state index contributed by atoms with van der Waals surface area (Å²) >= 11 is 0. The SMILES string of the molecule is CCCCCCCCCCCCCCCCCc1nc(CCCCOn2c(CCCC)nc3c(N)nc4ccccc4c32)no1. The van der Waals surface area contributed by atoms with Crippen LogP contribution in [0.15, 0.2) is 28.8 Å². The summed E-state index contributed by atoms with van der Waals surface area (Å²) in [5.74, 6) is 2.92. The van der Waals surface area contributed by atoms with E-state index in [1.807, 2.05) is 22.9 Å². The van der Waals surface area contributed by atoms with E-state index in [4.69, 9.17) is 20.1 Å². The van der Waals surface area contributed by atoms with Crippen LogP contribution >= 0.6 is 0 Å². The second-order valence-electron chi connectivity index (χ2n) is 12.7. The van der Waals surface area contributed by atoms with Crippen LogP contribution in [0, 0.1) is 0 Å². The molecule has 0 unspecified atom stereocenters. The average molecular weight is 619 g/mol. The van der Waals surface area contributed by atoms with Crippen molar-refractivity contribution in [3.8, 4) is 0 Å².